The summed E-state index contributed by atoms with van der Waals surface area (Å²) in [5.74, 6) is 0.290. The van der Waals surface area contributed by atoms with Crippen LogP contribution < -0.4 is 15.4 Å². The lowest BCUT2D eigenvalue weighted by Gasteiger charge is -2.28. The molecule has 2 amide bonds. The van der Waals surface area contributed by atoms with Gasteiger partial charge in [0, 0.05) is 12.1 Å². The number of ether oxygens (including phenoxy) is 1. The fourth-order valence-corrected chi connectivity index (χ4v) is 4.55. The number of thioether (sulfide) groups is 1. The number of amides is 2. The van der Waals surface area contributed by atoms with Gasteiger partial charge in [0.2, 0.25) is 11.8 Å². The summed E-state index contributed by atoms with van der Waals surface area (Å²) in [6, 6.07) is 7.13. The van der Waals surface area contributed by atoms with Crippen molar-refractivity contribution in [3.05, 3.63) is 35.9 Å². The van der Waals surface area contributed by atoms with Crippen LogP contribution in [0.1, 0.15) is 47.0 Å². The Morgan fingerprint density at radius 3 is 2.67 bits per heavy atom. The van der Waals surface area contributed by atoms with Crippen molar-refractivity contribution in [1.82, 2.24) is 5.32 Å². The van der Waals surface area contributed by atoms with Crippen LogP contribution in [0.25, 0.3) is 0 Å². The van der Waals surface area contributed by atoms with E-state index in [1.807, 2.05) is 6.92 Å². The molecule has 1 saturated heterocycles. The van der Waals surface area contributed by atoms with Gasteiger partial charge in [-0.2, -0.15) is 5.10 Å². The molecule has 1 heterocycles. The number of carbonyl (C=O) groups is 2. The largest absolute Gasteiger partial charge is 0.494 e. The number of allylic oxidation sites excluding steroid dienone is 2. The number of anilines is 1. The smallest absolute Gasteiger partial charge is 0.240 e. The Morgan fingerprint density at radius 1 is 1.27 bits per heavy atom. The summed E-state index contributed by atoms with van der Waals surface area (Å²) in [6.45, 7) is 9.00. The normalized spacial score (nSPS) is 23.3. The zero-order chi connectivity index (χ0) is 21.7. The Bertz CT molecular complexity index is 903. The molecule has 1 aromatic rings. The zero-order valence-electron chi connectivity index (χ0n) is 17.8. The van der Waals surface area contributed by atoms with Crippen LogP contribution in [0.2, 0.25) is 0 Å². The molecular formula is C22H28N4O3S. The predicted molar refractivity (Wildman–Crippen MR) is 122 cm³/mol. The topological polar surface area (TPSA) is 92.2 Å². The van der Waals surface area contributed by atoms with Crippen LogP contribution in [0.5, 0.6) is 5.75 Å². The average molecular weight is 429 g/mol. The van der Waals surface area contributed by atoms with Gasteiger partial charge in [-0.1, -0.05) is 31.2 Å². The lowest BCUT2D eigenvalue weighted by Crippen LogP contribution is -2.28. The van der Waals surface area contributed by atoms with Gasteiger partial charge in [-0.15, -0.1) is 5.10 Å². The Kier molecular flexibility index (Phi) is 6.97. The molecule has 1 aliphatic heterocycles. The third kappa shape index (κ3) is 6.19. The van der Waals surface area contributed by atoms with Crippen LogP contribution >= 0.6 is 11.8 Å². The van der Waals surface area contributed by atoms with Gasteiger partial charge in [0.05, 0.1) is 12.3 Å². The van der Waals surface area contributed by atoms with Gasteiger partial charge in [0.15, 0.2) is 5.17 Å². The lowest BCUT2D eigenvalue weighted by molar-refractivity contribution is -0.122. The third-order valence-corrected chi connectivity index (χ3v) is 5.77. The molecule has 0 spiro atoms. The van der Waals surface area contributed by atoms with Crippen molar-refractivity contribution in [1.29, 1.82) is 0 Å². The Morgan fingerprint density at radius 2 is 2.00 bits per heavy atom. The Labute approximate surface area is 181 Å². The van der Waals surface area contributed by atoms with Crippen LogP contribution in [0.4, 0.5) is 5.69 Å². The second-order valence-electron chi connectivity index (χ2n) is 8.31. The fraction of sp³-hybridized carbons (Fsp3) is 0.455. The van der Waals surface area contributed by atoms with Crippen molar-refractivity contribution in [3.63, 3.8) is 0 Å². The number of nitrogens with zero attached hydrogens (tertiary/aromatic N) is 2. The predicted octanol–water partition coefficient (Wildman–Crippen LogP) is 4.12. The number of hydrogen-bond donors (Lipinski definition) is 2. The number of carbonyl (C=O) groups excluding carboxylic acids is 2. The average Bonchev–Trinajstić information content (AvgIpc) is 2.99. The zero-order valence-corrected chi connectivity index (χ0v) is 18.6. The van der Waals surface area contributed by atoms with E-state index in [9.17, 15) is 9.59 Å². The van der Waals surface area contributed by atoms with E-state index in [0.29, 0.717) is 17.5 Å². The molecule has 8 heteroatoms. The molecule has 0 bridgehead atoms. The highest BCUT2D eigenvalue weighted by Crippen LogP contribution is 2.34. The van der Waals surface area contributed by atoms with Crippen molar-refractivity contribution >= 4 is 40.1 Å². The Hall–Kier alpha value is -2.61. The lowest BCUT2D eigenvalue weighted by atomic mass is 9.77. The van der Waals surface area contributed by atoms with Crippen molar-refractivity contribution in [2.75, 3.05) is 11.9 Å². The summed E-state index contributed by atoms with van der Waals surface area (Å²) in [6.07, 6.45) is 4.00. The summed E-state index contributed by atoms with van der Waals surface area (Å²) in [5.41, 5.74) is 3.00. The summed E-state index contributed by atoms with van der Waals surface area (Å²) in [5, 5.41) is 14.0. The molecule has 0 saturated carbocycles. The number of benzene rings is 1. The van der Waals surface area contributed by atoms with E-state index in [0.717, 1.165) is 24.3 Å². The van der Waals surface area contributed by atoms with Crippen molar-refractivity contribution in [2.24, 2.45) is 15.6 Å². The van der Waals surface area contributed by atoms with Crippen LogP contribution in [0.15, 0.2) is 46.1 Å². The second-order valence-corrected chi connectivity index (χ2v) is 9.50. The van der Waals surface area contributed by atoms with Gasteiger partial charge < -0.3 is 15.4 Å². The molecule has 160 valence electrons. The minimum Gasteiger partial charge on any atom is -0.494 e. The van der Waals surface area contributed by atoms with E-state index >= 15 is 0 Å². The second kappa shape index (κ2) is 9.47. The quantitative estimate of drug-likeness (QED) is 0.667. The molecule has 0 aromatic heterocycles. The molecule has 1 aromatic carbocycles. The maximum atomic E-state index is 12.3. The maximum absolute atomic E-state index is 12.3. The fourth-order valence-electron chi connectivity index (χ4n) is 3.64. The maximum Gasteiger partial charge on any atom is 0.240 e. The van der Waals surface area contributed by atoms with E-state index < -0.39 is 5.25 Å². The summed E-state index contributed by atoms with van der Waals surface area (Å²) >= 11 is 1.24. The van der Waals surface area contributed by atoms with E-state index in [2.05, 4.69) is 47.7 Å². The molecule has 1 atom stereocenters. The van der Waals surface area contributed by atoms with Crippen LogP contribution in [-0.4, -0.2) is 34.6 Å². The van der Waals surface area contributed by atoms with Crippen molar-refractivity contribution in [2.45, 2.75) is 52.2 Å². The van der Waals surface area contributed by atoms with Gasteiger partial charge in [0.25, 0.3) is 0 Å². The first-order valence-corrected chi connectivity index (χ1v) is 10.9. The molecule has 30 heavy (non-hydrogen) atoms. The number of rotatable bonds is 6. The molecule has 2 N–H and O–H groups in total. The number of nitrogens with one attached hydrogen (secondary N) is 2. The van der Waals surface area contributed by atoms with Crippen LogP contribution in [-0.2, 0) is 9.59 Å². The highest BCUT2D eigenvalue weighted by atomic mass is 32.2. The summed E-state index contributed by atoms with van der Waals surface area (Å²) in [4.78, 5) is 24.6. The van der Waals surface area contributed by atoms with Gasteiger partial charge in [0.1, 0.15) is 11.0 Å². The van der Waals surface area contributed by atoms with Gasteiger partial charge in [-0.3, -0.25) is 9.59 Å². The molecule has 1 aliphatic carbocycles. The minimum absolute atomic E-state index is 0.0609. The monoisotopic (exact) mass is 428 g/mol. The first-order valence-electron chi connectivity index (χ1n) is 10.1. The molecular weight excluding hydrogens is 400 g/mol. The van der Waals surface area contributed by atoms with Crippen LogP contribution in [0, 0.1) is 5.41 Å². The van der Waals surface area contributed by atoms with Gasteiger partial charge >= 0.3 is 0 Å². The molecule has 2 aliphatic rings. The first kappa shape index (κ1) is 22.1. The van der Waals surface area contributed by atoms with E-state index in [4.69, 9.17) is 4.74 Å². The highest BCUT2D eigenvalue weighted by Gasteiger charge is 2.32. The van der Waals surface area contributed by atoms with Gasteiger partial charge in [-0.05, 0) is 62.4 Å². The summed E-state index contributed by atoms with van der Waals surface area (Å²) in [7, 11) is 0. The minimum atomic E-state index is -0.522. The van der Waals surface area contributed by atoms with E-state index in [1.54, 1.807) is 24.3 Å². The molecule has 1 unspecified atom stereocenters. The first-order chi connectivity index (χ1) is 14.2. The van der Waals surface area contributed by atoms with Crippen molar-refractivity contribution < 1.29 is 14.3 Å². The standard InChI is InChI=1S/C22H28N4O3S/c1-5-29-17-8-6-15(7-9-17)23-19(27)11-18-20(28)24-21(30-18)26-25-16-10-14(2)12-22(3,4)13-16/h6-10,18H,5,11-13H2,1-4H3,(H,23,27)(H,24,26,28)/b25-16-. The molecule has 1 fully saturated rings. The Balaban J connectivity index is 1.56. The van der Waals surface area contributed by atoms with Crippen LogP contribution in [0.3, 0.4) is 0 Å². The number of hydrogen-bond acceptors (Lipinski definition) is 6. The van der Waals surface area contributed by atoms with Crippen molar-refractivity contribution in [3.8, 4) is 5.75 Å². The molecule has 7 nitrogen and oxygen atoms in total. The highest BCUT2D eigenvalue weighted by molar-refractivity contribution is 8.15. The number of amidine groups is 1. The molecule has 3 rings (SSSR count). The SMILES string of the molecule is CCOc1ccc(NC(=O)CC2S/C(=N/N=C3/C=C(C)CC(C)(C)C3)NC2=O)cc1. The summed E-state index contributed by atoms with van der Waals surface area (Å²) < 4.78 is 5.39. The van der Waals surface area contributed by atoms with E-state index in [1.165, 1.54) is 17.3 Å². The third-order valence-electron chi connectivity index (χ3n) is 4.70. The van der Waals surface area contributed by atoms with E-state index in [-0.39, 0.29) is 23.7 Å². The van der Waals surface area contributed by atoms with Gasteiger partial charge in [-0.25, -0.2) is 0 Å². The molecule has 0 radical (unpaired) electrons.